The van der Waals surface area contributed by atoms with Crippen LogP contribution in [-0.4, -0.2) is 57.2 Å². The van der Waals surface area contributed by atoms with Crippen molar-refractivity contribution in [1.82, 2.24) is 16.0 Å². The number of imide groups is 1. The summed E-state index contributed by atoms with van der Waals surface area (Å²) in [6.45, 7) is 1.86. The number of esters is 1. The third-order valence-electron chi connectivity index (χ3n) is 3.21. The first-order valence-electron chi connectivity index (χ1n) is 8.00. The predicted octanol–water partition coefficient (Wildman–Crippen LogP) is 0.130. The molecule has 0 saturated heterocycles. The second kappa shape index (κ2) is 11.6. The van der Waals surface area contributed by atoms with Crippen LogP contribution >= 0.6 is 0 Å². The summed E-state index contributed by atoms with van der Waals surface area (Å²) in [6.07, 6.45) is -0.0923. The number of carbonyl (C=O) groups is 4. The molecule has 0 fully saturated rings. The minimum atomic E-state index is -0.753. The molecule has 1 rings (SSSR count). The van der Waals surface area contributed by atoms with Crippen LogP contribution in [0.5, 0.6) is 0 Å². The molecule has 0 saturated carbocycles. The van der Waals surface area contributed by atoms with Crippen LogP contribution in [-0.2, 0) is 19.1 Å². The molecular weight excluding hydrogens is 342 g/mol. The van der Waals surface area contributed by atoms with E-state index in [1.165, 1.54) is 7.11 Å². The van der Waals surface area contributed by atoms with Crippen molar-refractivity contribution >= 4 is 23.8 Å². The summed E-state index contributed by atoms with van der Waals surface area (Å²) < 4.78 is 9.47. The second-order valence-corrected chi connectivity index (χ2v) is 5.28. The second-order valence-electron chi connectivity index (χ2n) is 5.28. The highest BCUT2D eigenvalue weighted by Gasteiger charge is 2.12. The third-order valence-corrected chi connectivity index (χ3v) is 3.21. The number of aryl methyl sites for hydroxylation is 1. The zero-order valence-corrected chi connectivity index (χ0v) is 14.8. The van der Waals surface area contributed by atoms with Gasteiger partial charge in [-0.2, -0.15) is 0 Å². The lowest BCUT2D eigenvalue weighted by atomic mass is 10.1. The number of urea groups is 1. The molecule has 0 aliphatic heterocycles. The van der Waals surface area contributed by atoms with E-state index in [-0.39, 0.29) is 25.4 Å². The number of ether oxygens (including phenoxy) is 2. The van der Waals surface area contributed by atoms with Gasteiger partial charge in [0.15, 0.2) is 6.61 Å². The molecule has 0 aromatic heterocycles. The summed E-state index contributed by atoms with van der Waals surface area (Å²) in [6, 6.07) is 6.37. The van der Waals surface area contributed by atoms with Gasteiger partial charge in [0, 0.05) is 25.8 Å². The lowest BCUT2D eigenvalue weighted by molar-refractivity contribution is -0.148. The van der Waals surface area contributed by atoms with Gasteiger partial charge in [-0.3, -0.25) is 19.7 Å². The summed E-state index contributed by atoms with van der Waals surface area (Å²) in [5, 5.41) is 6.99. The Morgan fingerprint density at radius 2 is 1.77 bits per heavy atom. The van der Waals surface area contributed by atoms with Gasteiger partial charge in [0.2, 0.25) is 0 Å². The molecule has 9 nitrogen and oxygen atoms in total. The van der Waals surface area contributed by atoms with Crippen molar-refractivity contribution in [3.05, 3.63) is 35.4 Å². The van der Waals surface area contributed by atoms with Crippen LogP contribution in [0.1, 0.15) is 22.3 Å². The Kier molecular flexibility index (Phi) is 9.40. The van der Waals surface area contributed by atoms with Crippen molar-refractivity contribution in [3.63, 3.8) is 0 Å². The van der Waals surface area contributed by atoms with Gasteiger partial charge in [-0.05, 0) is 18.6 Å². The molecule has 0 radical (unpaired) electrons. The van der Waals surface area contributed by atoms with Crippen molar-refractivity contribution in [2.24, 2.45) is 0 Å². The molecule has 3 N–H and O–H groups in total. The maximum atomic E-state index is 12.0. The van der Waals surface area contributed by atoms with E-state index >= 15 is 0 Å². The van der Waals surface area contributed by atoms with Crippen LogP contribution in [0, 0.1) is 6.92 Å². The zero-order valence-electron chi connectivity index (χ0n) is 14.8. The highest BCUT2D eigenvalue weighted by molar-refractivity contribution is 5.96. The van der Waals surface area contributed by atoms with E-state index in [4.69, 9.17) is 9.47 Å². The first kappa shape index (κ1) is 21.1. The zero-order chi connectivity index (χ0) is 19.4. The van der Waals surface area contributed by atoms with Crippen LogP contribution < -0.4 is 16.0 Å². The van der Waals surface area contributed by atoms with E-state index in [2.05, 4.69) is 10.6 Å². The largest absolute Gasteiger partial charge is 0.456 e. The summed E-state index contributed by atoms with van der Waals surface area (Å²) in [7, 11) is 1.48. The topological polar surface area (TPSA) is 123 Å². The molecule has 0 unspecified atom stereocenters. The Hall–Kier alpha value is -2.94. The highest BCUT2D eigenvalue weighted by Crippen LogP contribution is 2.06. The number of carbonyl (C=O) groups excluding carboxylic acids is 4. The smallest absolute Gasteiger partial charge is 0.321 e. The van der Waals surface area contributed by atoms with Gasteiger partial charge in [-0.25, -0.2) is 4.79 Å². The summed E-state index contributed by atoms with van der Waals surface area (Å²) in [5.41, 5.74) is 1.35. The summed E-state index contributed by atoms with van der Waals surface area (Å²) in [5.74, 6) is -1.70. The molecule has 26 heavy (non-hydrogen) atoms. The lowest BCUT2D eigenvalue weighted by Gasteiger charge is -2.08. The van der Waals surface area contributed by atoms with Gasteiger partial charge in [-0.1, -0.05) is 18.2 Å². The number of benzene rings is 1. The number of hydrogen-bond acceptors (Lipinski definition) is 6. The van der Waals surface area contributed by atoms with Crippen molar-refractivity contribution in [1.29, 1.82) is 0 Å². The molecule has 0 aliphatic carbocycles. The fourth-order valence-corrected chi connectivity index (χ4v) is 1.89. The number of methoxy groups -OCH3 is 1. The van der Waals surface area contributed by atoms with E-state index in [0.717, 1.165) is 5.56 Å². The Morgan fingerprint density at radius 1 is 1.04 bits per heavy atom. The highest BCUT2D eigenvalue weighted by atomic mass is 16.5. The molecule has 0 aliphatic rings. The van der Waals surface area contributed by atoms with Crippen LogP contribution in [0.2, 0.25) is 0 Å². The van der Waals surface area contributed by atoms with E-state index in [9.17, 15) is 19.2 Å². The van der Waals surface area contributed by atoms with E-state index < -0.39 is 24.5 Å². The number of rotatable bonds is 9. The van der Waals surface area contributed by atoms with E-state index in [0.29, 0.717) is 12.2 Å². The predicted molar refractivity (Wildman–Crippen MR) is 92.5 cm³/mol. The average Bonchev–Trinajstić information content (AvgIpc) is 2.60. The van der Waals surface area contributed by atoms with Gasteiger partial charge in [-0.15, -0.1) is 0 Å². The van der Waals surface area contributed by atoms with Crippen molar-refractivity contribution in [2.45, 2.75) is 13.3 Å². The van der Waals surface area contributed by atoms with Gasteiger partial charge in [0.1, 0.15) is 0 Å². The van der Waals surface area contributed by atoms with Crippen LogP contribution in [0.25, 0.3) is 0 Å². The number of hydrogen-bond donors (Lipinski definition) is 3. The van der Waals surface area contributed by atoms with E-state index in [1.807, 2.05) is 24.4 Å². The molecule has 9 heteroatoms. The minimum absolute atomic E-state index is 0.0745. The standard InChI is InChI=1S/C17H23N3O6/c1-12-5-3-4-6-13(12)16(23)18-8-7-15(22)26-11-14(21)20-17(24)19-9-10-25-2/h3-6H,7-11H2,1-2H3,(H,18,23)(H2,19,20,21,24). The quantitative estimate of drug-likeness (QED) is 0.422. The molecular formula is C17H23N3O6. The van der Waals surface area contributed by atoms with E-state index in [1.54, 1.807) is 12.1 Å². The van der Waals surface area contributed by atoms with Crippen LogP contribution in [0.3, 0.4) is 0 Å². The SMILES string of the molecule is COCCNC(=O)NC(=O)COC(=O)CCNC(=O)c1ccccc1C. The minimum Gasteiger partial charge on any atom is -0.456 e. The van der Waals surface area contributed by atoms with Crippen molar-refractivity contribution in [3.8, 4) is 0 Å². The maximum absolute atomic E-state index is 12.0. The first-order valence-corrected chi connectivity index (χ1v) is 8.00. The van der Waals surface area contributed by atoms with Crippen molar-refractivity contribution in [2.75, 3.05) is 33.4 Å². The fraction of sp³-hybridized carbons (Fsp3) is 0.412. The van der Waals surface area contributed by atoms with Gasteiger partial charge in [0.05, 0.1) is 13.0 Å². The first-order chi connectivity index (χ1) is 12.4. The Morgan fingerprint density at radius 3 is 2.46 bits per heavy atom. The molecule has 0 heterocycles. The molecule has 142 valence electrons. The molecule has 0 bridgehead atoms. The normalized spacial score (nSPS) is 9.92. The van der Waals surface area contributed by atoms with Gasteiger partial charge < -0.3 is 20.1 Å². The number of amides is 4. The molecule has 4 amide bonds. The summed E-state index contributed by atoms with van der Waals surface area (Å²) in [4.78, 5) is 46.3. The Bertz CT molecular complexity index is 647. The maximum Gasteiger partial charge on any atom is 0.321 e. The van der Waals surface area contributed by atoms with Crippen LogP contribution in [0.15, 0.2) is 24.3 Å². The van der Waals surface area contributed by atoms with Gasteiger partial charge >= 0.3 is 12.0 Å². The third kappa shape index (κ3) is 8.25. The fourth-order valence-electron chi connectivity index (χ4n) is 1.89. The van der Waals surface area contributed by atoms with Crippen LogP contribution in [0.4, 0.5) is 4.79 Å². The van der Waals surface area contributed by atoms with Crippen molar-refractivity contribution < 1.29 is 28.7 Å². The Balaban J connectivity index is 2.20. The average molecular weight is 365 g/mol. The Labute approximate surface area is 151 Å². The monoisotopic (exact) mass is 365 g/mol. The molecule has 0 atom stereocenters. The number of nitrogens with one attached hydrogen (secondary N) is 3. The molecule has 1 aromatic rings. The lowest BCUT2D eigenvalue weighted by Crippen LogP contribution is -2.42. The van der Waals surface area contributed by atoms with Gasteiger partial charge in [0.25, 0.3) is 11.8 Å². The summed E-state index contributed by atoms with van der Waals surface area (Å²) >= 11 is 0. The molecule has 1 aromatic carbocycles. The molecule has 0 spiro atoms.